The maximum Gasteiger partial charge on any atom is 0.327 e. The van der Waals surface area contributed by atoms with Crippen LogP contribution in [-0.2, 0) is 102 Å². The van der Waals surface area contributed by atoms with Crippen LogP contribution in [-0.4, -0.2) is 244 Å². The Balaban J connectivity index is 0.000000156. The average Bonchev–Trinajstić information content (AvgIpc) is 0.783. The molecule has 8 aliphatic rings. The van der Waals surface area contributed by atoms with E-state index in [0.29, 0.717) is 154 Å². The normalized spacial score (nSPS) is 19.8. The number of carbonyl (C=O) groups excluding carboxylic acids is 3. The number of carboxylic acids is 1. The lowest BCUT2D eigenvalue weighted by molar-refractivity contribution is -0.167. The van der Waals surface area contributed by atoms with Crippen LogP contribution in [0.15, 0.2) is 132 Å². The molecule has 0 amide bonds. The Hall–Kier alpha value is -8.94. The number of esters is 3. The number of benzene rings is 4. The Morgan fingerprint density at radius 3 is 1.07 bits per heavy atom. The Labute approximate surface area is 825 Å². The first-order chi connectivity index (χ1) is 65.9. The number of aromatic nitrogens is 4. The van der Waals surface area contributed by atoms with Crippen molar-refractivity contribution in [2.24, 2.45) is 49.4 Å². The number of rotatable bonds is 31. The van der Waals surface area contributed by atoms with Gasteiger partial charge in [0.05, 0.1) is 72.7 Å². The summed E-state index contributed by atoms with van der Waals surface area (Å²) in [6.07, 6.45) is 20.8. The molecule has 138 heavy (non-hydrogen) atoms. The molecular weight excluding hydrogens is 1980 g/mol. The van der Waals surface area contributed by atoms with Gasteiger partial charge in [-0.25, -0.2) is 53.6 Å². The fourth-order valence-corrected chi connectivity index (χ4v) is 27.2. The standard InChI is InChI=1S/C25H34ClN5O6S.C24H30Cl2N2O6S.C23H30ClN5O6S.C18H20ClN5O4S/c1-2-35-23(32)25(10-4-5-11-25)31(12-14-37-21-7-3-6-13-36-21)38(33,34)17-8-9-18-19(15-17)22(30-24(27)28)29-16-20(18)26;1-2-32-23(29)24(10-4-5-11-24)28(12-14-34-21-7-3-6-13-33-21)35(30,31)17-8-9-18-19(15-17)22(26)27-16-20(18)25;24-18-14-27-20(28-22(25)26)17-13-15(6-7-16(17)18)36(32,33)29(23(21(30)31)8-2-3-9-23)10-12-35-19-5-1-4-11-34-19;19-14-10-22-15(23-17(20)21)13-9-11(3-4-12(13)14)29(26,27)24-7-8-28-16(25)18(24)5-1-2-6-18/h8-9,15-16,21H,2-7,10-14H2,1H3,(H4,27,28,29,30);8-9,15-16,21H,2-7,10-14H2,1H3;6-7,13-14,19H,1-5,8-12H2,(H,30,31)(H4,25,26,27,28);3-4,9-10H,1-2,5-8H2,(H4,20,21,22,23). The number of carbonyl (C=O) groups is 4. The molecule has 8 fully saturated rings. The first-order valence-electron chi connectivity index (χ1n) is 45.7. The van der Waals surface area contributed by atoms with Crippen LogP contribution in [0.4, 0.5) is 17.5 Å². The van der Waals surface area contributed by atoms with Crippen LogP contribution in [0.3, 0.4) is 0 Å². The minimum Gasteiger partial charge on any atom is -0.480 e. The summed E-state index contributed by atoms with van der Waals surface area (Å²) in [4.78, 5) is 79.8. The molecule has 48 heteroatoms. The molecule has 3 unspecified atom stereocenters. The molecule has 0 bridgehead atoms. The van der Waals surface area contributed by atoms with Gasteiger partial charge in [0.15, 0.2) is 54.2 Å². The maximum atomic E-state index is 14.3. The van der Waals surface area contributed by atoms with E-state index in [9.17, 15) is 58.0 Å². The van der Waals surface area contributed by atoms with Crippen LogP contribution in [0.2, 0.25) is 25.2 Å². The molecule has 3 atom stereocenters. The first kappa shape index (κ1) is 106. The number of cyclic esters (lactones) is 1. The summed E-state index contributed by atoms with van der Waals surface area (Å²) in [5, 5.41) is 15.3. The molecular formula is C90H114Cl5N17O22S4. The molecule has 4 saturated carbocycles. The van der Waals surface area contributed by atoms with Gasteiger partial charge in [0.25, 0.3) is 0 Å². The quantitative estimate of drug-likeness (QED) is 0.00697. The molecule has 750 valence electrons. The van der Waals surface area contributed by atoms with Crippen molar-refractivity contribution in [1.29, 1.82) is 0 Å². The minimum atomic E-state index is -4.29. The number of aliphatic carboxylic acids is 1. The largest absolute Gasteiger partial charge is 0.480 e. The first-order valence-corrected chi connectivity index (χ1v) is 53.4. The fourth-order valence-electron chi connectivity index (χ4n) is 19.0. The summed E-state index contributed by atoms with van der Waals surface area (Å²) in [6, 6.07) is 17.8. The van der Waals surface area contributed by atoms with E-state index in [4.69, 9.17) is 135 Å². The van der Waals surface area contributed by atoms with Crippen molar-refractivity contribution >= 4 is 200 Å². The third kappa shape index (κ3) is 23.5. The number of nitrogens with two attached hydrogens (primary N) is 6. The van der Waals surface area contributed by atoms with E-state index in [-0.39, 0.29) is 145 Å². The van der Waals surface area contributed by atoms with E-state index in [2.05, 4.69) is 34.9 Å². The van der Waals surface area contributed by atoms with Gasteiger partial charge in [0.1, 0.15) is 33.9 Å². The Bertz CT molecular complexity index is 6350. The number of pyridine rings is 4. The van der Waals surface area contributed by atoms with Crippen molar-refractivity contribution in [2.75, 3.05) is 85.6 Å². The van der Waals surface area contributed by atoms with Gasteiger partial charge in [0.2, 0.25) is 40.1 Å². The van der Waals surface area contributed by atoms with Crippen LogP contribution >= 0.6 is 58.0 Å². The second-order valence-electron chi connectivity index (χ2n) is 34.3. The Kier molecular flexibility index (Phi) is 35.8. The van der Waals surface area contributed by atoms with Crippen LogP contribution in [0, 0.1) is 0 Å². The van der Waals surface area contributed by atoms with Gasteiger partial charge in [-0.05, 0) is 172 Å². The van der Waals surface area contributed by atoms with Gasteiger partial charge in [-0.1, -0.05) is 134 Å². The second kappa shape index (κ2) is 46.4. The molecule has 39 nitrogen and oxygen atoms in total. The van der Waals surface area contributed by atoms with Crippen LogP contribution in [0.25, 0.3) is 43.1 Å². The predicted octanol–water partition coefficient (Wildman–Crippen LogP) is 12.5. The number of guanidine groups is 3. The predicted molar refractivity (Wildman–Crippen MR) is 519 cm³/mol. The highest BCUT2D eigenvalue weighted by Crippen LogP contribution is 2.48. The highest BCUT2D eigenvalue weighted by molar-refractivity contribution is 7.90. The molecule has 4 saturated heterocycles. The minimum absolute atomic E-state index is 0.000423. The van der Waals surface area contributed by atoms with Gasteiger partial charge >= 0.3 is 23.9 Å². The number of halogens is 5. The van der Waals surface area contributed by atoms with E-state index in [1.807, 2.05) is 0 Å². The number of nitrogens with zero attached hydrogens (tertiary/aromatic N) is 11. The zero-order valence-electron chi connectivity index (χ0n) is 76.3. The third-order valence-electron chi connectivity index (χ3n) is 25.6. The van der Waals surface area contributed by atoms with E-state index in [1.54, 1.807) is 32.0 Å². The van der Waals surface area contributed by atoms with Crippen LogP contribution in [0.1, 0.15) is 174 Å². The summed E-state index contributed by atoms with van der Waals surface area (Å²) in [5.74, 6) is -3.03. The molecule has 4 aromatic carbocycles. The average molecular weight is 2090 g/mol. The van der Waals surface area contributed by atoms with Gasteiger partial charge in [-0.3, -0.25) is 19.2 Å². The van der Waals surface area contributed by atoms with Gasteiger partial charge in [0, 0.05) is 114 Å². The van der Waals surface area contributed by atoms with Gasteiger partial charge in [-0.2, -0.15) is 32.2 Å². The van der Waals surface area contributed by atoms with Gasteiger partial charge < -0.3 is 82.1 Å². The van der Waals surface area contributed by atoms with Crippen LogP contribution in [0.5, 0.6) is 0 Å². The molecule has 1 spiro atoms. The van der Waals surface area contributed by atoms with Crippen molar-refractivity contribution in [3.05, 3.63) is 123 Å². The van der Waals surface area contributed by atoms with Gasteiger partial charge in [-0.15, -0.1) is 0 Å². The fraction of sp³-hybridized carbons (Fsp3) is 0.522. The van der Waals surface area contributed by atoms with Crippen molar-refractivity contribution in [2.45, 2.75) is 235 Å². The zero-order chi connectivity index (χ0) is 99.1. The monoisotopic (exact) mass is 2090 g/mol. The Morgan fingerprint density at radius 2 is 0.739 bits per heavy atom. The molecule has 4 aromatic heterocycles. The highest BCUT2D eigenvalue weighted by atomic mass is 35.5. The zero-order valence-corrected chi connectivity index (χ0v) is 83.3. The summed E-state index contributed by atoms with van der Waals surface area (Å²) < 4.78 is 167. The smallest absolute Gasteiger partial charge is 0.327 e. The number of ether oxygens (including phenoxy) is 9. The van der Waals surface area contributed by atoms with E-state index >= 15 is 0 Å². The van der Waals surface area contributed by atoms with Crippen LogP contribution < -0.4 is 34.4 Å². The number of sulfonamides is 4. The number of carboxylic acid groups (broad SMARTS) is 1. The lowest BCUT2D eigenvalue weighted by Crippen LogP contribution is -2.60. The van der Waals surface area contributed by atoms with Crippen molar-refractivity contribution in [1.82, 2.24) is 37.2 Å². The summed E-state index contributed by atoms with van der Waals surface area (Å²) >= 11 is 31.3. The third-order valence-corrected chi connectivity index (χ3v) is 35.0. The number of aliphatic imine (C=N–C) groups is 3. The number of morpholine rings is 1. The van der Waals surface area contributed by atoms with Crippen molar-refractivity contribution in [3.63, 3.8) is 0 Å². The summed E-state index contributed by atoms with van der Waals surface area (Å²) in [6.45, 7) is 5.61. The maximum absolute atomic E-state index is 14.3. The summed E-state index contributed by atoms with van der Waals surface area (Å²) in [7, 11) is -16.7. The van der Waals surface area contributed by atoms with Crippen molar-refractivity contribution in [3.8, 4) is 0 Å². The molecule has 0 radical (unpaired) electrons. The molecule has 8 heterocycles. The lowest BCUT2D eigenvalue weighted by Gasteiger charge is -2.41. The summed E-state index contributed by atoms with van der Waals surface area (Å²) in [5.41, 5.74) is 27.7. The Morgan fingerprint density at radius 1 is 0.428 bits per heavy atom. The lowest BCUT2D eigenvalue weighted by atomic mass is 9.97. The van der Waals surface area contributed by atoms with Crippen molar-refractivity contribution < 1.29 is 101 Å². The number of hydrogen-bond donors (Lipinski definition) is 7. The molecule has 13 N–H and O–H groups in total. The topological polar surface area (TPSA) is 566 Å². The number of fused-ring (bicyclic) bond motifs is 4. The molecule has 16 rings (SSSR count). The highest BCUT2D eigenvalue weighted by Gasteiger charge is 2.58. The molecule has 8 aromatic rings. The van der Waals surface area contributed by atoms with E-state index in [1.165, 1.54) is 92.3 Å². The van der Waals surface area contributed by atoms with E-state index < -0.39 is 98.7 Å². The SMILES string of the molecule is CCOC(=O)C1(N(CCOC2CCCCO2)S(=O)(=O)c2ccc3c(Cl)cnc(Cl)c3c2)CCCC1.CCOC(=O)C1(N(CCOC2CCCCO2)S(=O)(=O)c2ccc3c(Cl)cnc(N=C(N)N)c3c2)CCCC1.NC(N)=Nc1ncc(Cl)c2ccc(S(=O)(=O)N(CCOC3CCCCO3)C3(C(=O)O)CCCC3)cc12.NC(N)=Nc1ncc(Cl)c2ccc(S(=O)(=O)N3CCOC(=O)C34CCCC4)cc12. The number of hydrogen-bond acceptors (Lipinski definition) is 28. The second-order valence-corrected chi connectivity index (χ2v) is 43.7. The molecule has 4 aliphatic heterocycles. The molecule has 4 aliphatic carbocycles. The van der Waals surface area contributed by atoms with E-state index in [0.717, 1.165) is 81.4 Å².